The Kier molecular flexibility index (Phi) is 6.81. The molecule has 1 heterocycles. The van der Waals surface area contributed by atoms with Gasteiger partial charge in [-0.05, 0) is 49.7 Å². The first-order valence-corrected chi connectivity index (χ1v) is 9.58. The number of aromatic nitrogens is 2. The molecule has 170 valence electrons. The molecule has 0 atom stereocenters. The van der Waals surface area contributed by atoms with E-state index >= 15 is 0 Å². The van der Waals surface area contributed by atoms with Crippen molar-refractivity contribution in [3.05, 3.63) is 76.6 Å². The van der Waals surface area contributed by atoms with Crippen molar-refractivity contribution in [2.75, 3.05) is 0 Å². The Morgan fingerprint density at radius 3 is 2.53 bits per heavy atom. The van der Waals surface area contributed by atoms with Crippen LogP contribution in [-0.2, 0) is 23.9 Å². The SMILES string of the molecule is Cc1nn(-c2cccc(C(F)(F)F)c2)c(C)c1CC(=O)NCc1cccc(OC(F)F)c1. The number of rotatable bonds is 7. The molecule has 1 N–H and O–H groups in total. The van der Waals surface area contributed by atoms with Crippen LogP contribution in [0.15, 0.2) is 48.5 Å². The summed E-state index contributed by atoms with van der Waals surface area (Å²) >= 11 is 0. The molecule has 3 aromatic rings. The minimum absolute atomic E-state index is 0.0131. The van der Waals surface area contributed by atoms with Crippen LogP contribution in [-0.4, -0.2) is 22.3 Å². The molecular weight excluding hydrogens is 433 g/mol. The van der Waals surface area contributed by atoms with Crippen molar-refractivity contribution >= 4 is 5.91 Å². The quantitative estimate of drug-likeness (QED) is 0.514. The van der Waals surface area contributed by atoms with Crippen LogP contribution in [0.4, 0.5) is 22.0 Å². The van der Waals surface area contributed by atoms with Crippen molar-refractivity contribution in [3.63, 3.8) is 0 Å². The normalized spacial score (nSPS) is 11.6. The summed E-state index contributed by atoms with van der Waals surface area (Å²) in [6.45, 7) is 0.497. The van der Waals surface area contributed by atoms with E-state index in [0.29, 0.717) is 22.5 Å². The first-order chi connectivity index (χ1) is 15.0. The summed E-state index contributed by atoms with van der Waals surface area (Å²) in [5, 5.41) is 6.99. The molecule has 10 heteroatoms. The molecule has 0 saturated heterocycles. The molecule has 0 bridgehead atoms. The Bertz CT molecular complexity index is 1110. The number of nitrogens with zero attached hydrogens (tertiary/aromatic N) is 2. The number of benzene rings is 2. The first kappa shape index (κ1) is 23.2. The summed E-state index contributed by atoms with van der Waals surface area (Å²) in [4.78, 5) is 12.4. The van der Waals surface area contributed by atoms with E-state index in [1.165, 1.54) is 35.0 Å². The monoisotopic (exact) mass is 453 g/mol. The Balaban J connectivity index is 1.71. The average Bonchev–Trinajstić information content (AvgIpc) is 3.00. The van der Waals surface area contributed by atoms with Gasteiger partial charge in [-0.1, -0.05) is 18.2 Å². The van der Waals surface area contributed by atoms with Gasteiger partial charge in [0, 0.05) is 17.8 Å². The molecule has 0 aliphatic rings. The number of halogens is 5. The summed E-state index contributed by atoms with van der Waals surface area (Å²) in [6.07, 6.45) is -4.52. The van der Waals surface area contributed by atoms with E-state index in [0.717, 1.165) is 12.1 Å². The number of nitrogens with one attached hydrogen (secondary N) is 1. The predicted molar refractivity (Wildman–Crippen MR) is 107 cm³/mol. The maximum Gasteiger partial charge on any atom is 0.416 e. The summed E-state index contributed by atoms with van der Waals surface area (Å²) < 4.78 is 69.5. The van der Waals surface area contributed by atoms with E-state index < -0.39 is 18.4 Å². The molecule has 0 unspecified atom stereocenters. The van der Waals surface area contributed by atoms with Crippen molar-refractivity contribution in [2.24, 2.45) is 0 Å². The molecule has 1 amide bonds. The minimum atomic E-state index is -4.48. The molecule has 0 aliphatic carbocycles. The summed E-state index contributed by atoms with van der Waals surface area (Å²) in [7, 11) is 0. The van der Waals surface area contributed by atoms with Gasteiger partial charge >= 0.3 is 12.8 Å². The lowest BCUT2D eigenvalue weighted by molar-refractivity contribution is -0.137. The number of amides is 1. The molecule has 2 aromatic carbocycles. The highest BCUT2D eigenvalue weighted by Gasteiger charge is 2.30. The molecule has 0 spiro atoms. The summed E-state index contributed by atoms with van der Waals surface area (Å²) in [5.74, 6) is -0.360. The number of hydrogen-bond donors (Lipinski definition) is 1. The van der Waals surface area contributed by atoms with Crippen LogP contribution in [0.5, 0.6) is 5.75 Å². The molecular formula is C22H20F5N3O2. The van der Waals surface area contributed by atoms with E-state index in [4.69, 9.17) is 0 Å². The second kappa shape index (κ2) is 9.37. The van der Waals surface area contributed by atoms with Crippen LogP contribution in [0.1, 0.15) is 28.1 Å². The van der Waals surface area contributed by atoms with E-state index in [1.54, 1.807) is 19.9 Å². The van der Waals surface area contributed by atoms with Crippen LogP contribution < -0.4 is 10.1 Å². The van der Waals surface area contributed by atoms with Gasteiger partial charge in [-0.15, -0.1) is 0 Å². The molecule has 0 saturated carbocycles. The van der Waals surface area contributed by atoms with Gasteiger partial charge in [0.1, 0.15) is 5.75 Å². The van der Waals surface area contributed by atoms with Crippen molar-refractivity contribution in [3.8, 4) is 11.4 Å². The van der Waals surface area contributed by atoms with Crippen molar-refractivity contribution < 1.29 is 31.5 Å². The molecule has 32 heavy (non-hydrogen) atoms. The number of alkyl halides is 5. The third-order valence-electron chi connectivity index (χ3n) is 4.81. The number of aryl methyl sites for hydroxylation is 1. The molecule has 0 radical (unpaired) electrons. The number of carbonyl (C=O) groups excluding carboxylic acids is 1. The van der Waals surface area contributed by atoms with Gasteiger partial charge in [0.05, 0.1) is 23.4 Å². The van der Waals surface area contributed by atoms with Crippen molar-refractivity contribution in [1.29, 1.82) is 0 Å². The fourth-order valence-corrected chi connectivity index (χ4v) is 3.25. The average molecular weight is 453 g/mol. The van der Waals surface area contributed by atoms with E-state index in [-0.39, 0.29) is 30.3 Å². The Morgan fingerprint density at radius 1 is 1.12 bits per heavy atom. The zero-order valence-electron chi connectivity index (χ0n) is 17.2. The Hall–Kier alpha value is -3.43. The van der Waals surface area contributed by atoms with E-state index in [1.807, 2.05) is 0 Å². The lowest BCUT2D eigenvalue weighted by Crippen LogP contribution is -2.25. The third-order valence-corrected chi connectivity index (χ3v) is 4.81. The number of ether oxygens (including phenoxy) is 1. The van der Waals surface area contributed by atoms with Crippen LogP contribution in [0.3, 0.4) is 0 Å². The fourth-order valence-electron chi connectivity index (χ4n) is 3.25. The Morgan fingerprint density at radius 2 is 1.84 bits per heavy atom. The topological polar surface area (TPSA) is 56.2 Å². The maximum atomic E-state index is 13.0. The predicted octanol–water partition coefficient (Wildman–Crippen LogP) is 4.97. The first-order valence-electron chi connectivity index (χ1n) is 9.58. The highest BCUT2D eigenvalue weighted by molar-refractivity contribution is 5.79. The van der Waals surface area contributed by atoms with Gasteiger partial charge in [-0.2, -0.15) is 27.1 Å². The number of carbonyl (C=O) groups is 1. The lowest BCUT2D eigenvalue weighted by atomic mass is 10.1. The highest BCUT2D eigenvalue weighted by Crippen LogP contribution is 2.31. The van der Waals surface area contributed by atoms with Gasteiger partial charge < -0.3 is 10.1 Å². The van der Waals surface area contributed by atoms with Crippen molar-refractivity contribution in [1.82, 2.24) is 15.1 Å². The van der Waals surface area contributed by atoms with Gasteiger partial charge in [-0.3, -0.25) is 4.79 Å². The number of hydrogen-bond acceptors (Lipinski definition) is 3. The highest BCUT2D eigenvalue weighted by atomic mass is 19.4. The van der Waals surface area contributed by atoms with Crippen LogP contribution >= 0.6 is 0 Å². The third kappa shape index (κ3) is 5.63. The van der Waals surface area contributed by atoms with Crippen LogP contribution in [0.25, 0.3) is 5.69 Å². The van der Waals surface area contributed by atoms with Gasteiger partial charge in [0.15, 0.2) is 0 Å². The van der Waals surface area contributed by atoms with E-state index in [2.05, 4.69) is 15.2 Å². The zero-order chi connectivity index (χ0) is 23.5. The Labute approximate surface area is 180 Å². The van der Waals surface area contributed by atoms with E-state index in [9.17, 15) is 26.7 Å². The van der Waals surface area contributed by atoms with Crippen molar-refractivity contribution in [2.45, 2.75) is 39.6 Å². The summed E-state index contributed by atoms with van der Waals surface area (Å²) in [5.41, 5.74) is 1.67. The molecule has 3 rings (SSSR count). The van der Waals surface area contributed by atoms with Crippen LogP contribution in [0.2, 0.25) is 0 Å². The maximum absolute atomic E-state index is 13.0. The second-order valence-electron chi connectivity index (χ2n) is 7.09. The molecule has 0 aliphatic heterocycles. The largest absolute Gasteiger partial charge is 0.435 e. The molecule has 0 fully saturated rings. The second-order valence-corrected chi connectivity index (χ2v) is 7.09. The fraction of sp³-hybridized carbons (Fsp3) is 0.273. The smallest absolute Gasteiger partial charge is 0.416 e. The molecule has 5 nitrogen and oxygen atoms in total. The van der Waals surface area contributed by atoms with Gasteiger partial charge in [0.2, 0.25) is 5.91 Å². The standard InChI is InChI=1S/C22H20F5N3O2/c1-13-19(11-20(31)28-12-15-5-3-8-18(9-15)32-21(23)24)14(2)30(29-13)17-7-4-6-16(10-17)22(25,26)27/h3-10,21H,11-12H2,1-2H3,(H,28,31). The summed E-state index contributed by atoms with van der Waals surface area (Å²) in [6, 6.07) is 10.7. The zero-order valence-corrected chi connectivity index (χ0v) is 17.2. The minimum Gasteiger partial charge on any atom is -0.435 e. The molecule has 1 aromatic heterocycles. The van der Waals surface area contributed by atoms with Gasteiger partial charge in [-0.25, -0.2) is 4.68 Å². The van der Waals surface area contributed by atoms with Gasteiger partial charge in [0.25, 0.3) is 0 Å². The lowest BCUT2D eigenvalue weighted by Gasteiger charge is -2.10. The van der Waals surface area contributed by atoms with Crippen LogP contribution in [0, 0.1) is 13.8 Å².